The van der Waals surface area contributed by atoms with Crippen LogP contribution in [0.15, 0.2) is 48.5 Å². The third-order valence-electron chi connectivity index (χ3n) is 2.87. The molecular weight excluding hydrogens is 265 g/mol. The normalized spacial score (nSPS) is 12.4. The number of benzene rings is 2. The molecule has 2 rings (SSSR count). The highest BCUT2D eigenvalue weighted by Gasteiger charge is 2.08. The van der Waals surface area contributed by atoms with Crippen molar-refractivity contribution in [1.82, 2.24) is 5.32 Å². The third kappa shape index (κ3) is 3.49. The van der Waals surface area contributed by atoms with Crippen molar-refractivity contribution in [2.45, 2.75) is 19.5 Å². The molecule has 94 valence electrons. The number of nitrogens with one attached hydrogen (secondary N) is 1. The molecule has 1 N–H and O–H groups in total. The molecule has 0 fully saturated rings. The van der Waals surface area contributed by atoms with Gasteiger partial charge in [-0.05, 0) is 36.2 Å². The van der Waals surface area contributed by atoms with Crippen molar-refractivity contribution in [2.24, 2.45) is 0 Å². The lowest BCUT2D eigenvalue weighted by molar-refractivity contribution is 0.575. The molecule has 0 heterocycles. The van der Waals surface area contributed by atoms with Gasteiger partial charge in [-0.2, -0.15) is 0 Å². The fourth-order valence-electron chi connectivity index (χ4n) is 1.85. The molecular formula is C15H15Cl2N. The van der Waals surface area contributed by atoms with E-state index in [0.29, 0.717) is 0 Å². The Morgan fingerprint density at radius 2 is 1.83 bits per heavy atom. The van der Waals surface area contributed by atoms with Crippen LogP contribution in [0, 0.1) is 0 Å². The second-order valence-corrected chi connectivity index (χ2v) is 5.10. The van der Waals surface area contributed by atoms with E-state index in [9.17, 15) is 0 Å². The van der Waals surface area contributed by atoms with E-state index in [-0.39, 0.29) is 6.04 Å². The lowest BCUT2D eigenvalue weighted by Crippen LogP contribution is -2.18. The summed E-state index contributed by atoms with van der Waals surface area (Å²) in [4.78, 5) is 0. The van der Waals surface area contributed by atoms with Crippen molar-refractivity contribution in [2.75, 3.05) is 0 Å². The standard InChI is InChI=1S/C15H15Cl2N/c1-11(14-7-2-3-8-15(14)17)18-10-12-5-4-6-13(16)9-12/h2-9,11,18H,10H2,1H3/t11-/m0/s1. The topological polar surface area (TPSA) is 12.0 Å². The van der Waals surface area contributed by atoms with E-state index in [1.54, 1.807) is 0 Å². The van der Waals surface area contributed by atoms with Crippen molar-refractivity contribution >= 4 is 23.2 Å². The zero-order valence-electron chi connectivity index (χ0n) is 10.2. The van der Waals surface area contributed by atoms with Crippen LogP contribution in [0.5, 0.6) is 0 Å². The lowest BCUT2D eigenvalue weighted by Gasteiger charge is -2.15. The first-order valence-electron chi connectivity index (χ1n) is 5.89. The number of hydrogen-bond donors (Lipinski definition) is 1. The highest BCUT2D eigenvalue weighted by molar-refractivity contribution is 6.31. The molecule has 0 radical (unpaired) electrons. The van der Waals surface area contributed by atoms with Gasteiger partial charge in [0.15, 0.2) is 0 Å². The zero-order valence-corrected chi connectivity index (χ0v) is 11.7. The Kier molecular flexibility index (Phi) is 4.65. The van der Waals surface area contributed by atoms with Gasteiger partial charge >= 0.3 is 0 Å². The maximum absolute atomic E-state index is 6.16. The van der Waals surface area contributed by atoms with Gasteiger partial charge in [0, 0.05) is 22.6 Å². The first-order valence-corrected chi connectivity index (χ1v) is 6.64. The minimum Gasteiger partial charge on any atom is -0.306 e. The highest BCUT2D eigenvalue weighted by Crippen LogP contribution is 2.22. The molecule has 1 nitrogen and oxygen atoms in total. The first-order chi connectivity index (χ1) is 8.66. The second-order valence-electron chi connectivity index (χ2n) is 4.25. The van der Waals surface area contributed by atoms with Gasteiger partial charge in [0.2, 0.25) is 0 Å². The molecule has 0 aliphatic rings. The Hall–Kier alpha value is -1.02. The molecule has 0 aliphatic heterocycles. The van der Waals surface area contributed by atoms with Gasteiger partial charge in [-0.3, -0.25) is 0 Å². The molecule has 18 heavy (non-hydrogen) atoms. The first kappa shape index (κ1) is 13.4. The van der Waals surface area contributed by atoms with Crippen LogP contribution in [0.25, 0.3) is 0 Å². The molecule has 1 atom stereocenters. The molecule has 0 aromatic heterocycles. The predicted molar refractivity (Wildman–Crippen MR) is 78.2 cm³/mol. The van der Waals surface area contributed by atoms with Crippen molar-refractivity contribution in [3.8, 4) is 0 Å². The third-order valence-corrected chi connectivity index (χ3v) is 3.45. The molecule has 0 amide bonds. The summed E-state index contributed by atoms with van der Waals surface area (Å²) in [5.74, 6) is 0. The molecule has 0 bridgehead atoms. The van der Waals surface area contributed by atoms with E-state index in [0.717, 1.165) is 22.2 Å². The van der Waals surface area contributed by atoms with Crippen molar-refractivity contribution in [3.05, 3.63) is 69.7 Å². The average molecular weight is 280 g/mol. The van der Waals surface area contributed by atoms with E-state index in [4.69, 9.17) is 23.2 Å². The second kappa shape index (κ2) is 6.24. The Morgan fingerprint density at radius 1 is 1.06 bits per heavy atom. The molecule has 0 aliphatic carbocycles. The zero-order chi connectivity index (χ0) is 13.0. The Labute approximate surface area is 118 Å². The van der Waals surface area contributed by atoms with Crippen molar-refractivity contribution in [1.29, 1.82) is 0 Å². The lowest BCUT2D eigenvalue weighted by atomic mass is 10.1. The van der Waals surface area contributed by atoms with Crippen LogP contribution >= 0.6 is 23.2 Å². The number of halogens is 2. The summed E-state index contributed by atoms with van der Waals surface area (Å²) in [6.07, 6.45) is 0. The maximum atomic E-state index is 6.16. The molecule has 0 saturated heterocycles. The van der Waals surface area contributed by atoms with Gasteiger partial charge in [0.25, 0.3) is 0 Å². The van der Waals surface area contributed by atoms with E-state index in [2.05, 4.69) is 18.3 Å². The Balaban J connectivity index is 2.00. The Morgan fingerprint density at radius 3 is 2.56 bits per heavy atom. The summed E-state index contributed by atoms with van der Waals surface area (Å²) >= 11 is 12.1. The van der Waals surface area contributed by atoms with Crippen LogP contribution in [0.4, 0.5) is 0 Å². The average Bonchev–Trinajstić information content (AvgIpc) is 2.37. The van der Waals surface area contributed by atoms with E-state index >= 15 is 0 Å². The van der Waals surface area contributed by atoms with Crippen LogP contribution in [-0.4, -0.2) is 0 Å². The molecule has 2 aromatic rings. The predicted octanol–water partition coefficient (Wildman–Crippen LogP) is 4.84. The van der Waals surface area contributed by atoms with Crippen LogP contribution in [0.1, 0.15) is 24.1 Å². The summed E-state index contributed by atoms with van der Waals surface area (Å²) in [6, 6.07) is 16.0. The molecule has 0 saturated carbocycles. The minimum absolute atomic E-state index is 0.206. The quantitative estimate of drug-likeness (QED) is 0.844. The van der Waals surface area contributed by atoms with E-state index in [1.165, 1.54) is 5.56 Å². The van der Waals surface area contributed by atoms with Gasteiger partial charge in [0.05, 0.1) is 0 Å². The molecule has 0 unspecified atom stereocenters. The largest absolute Gasteiger partial charge is 0.306 e. The smallest absolute Gasteiger partial charge is 0.0453 e. The fraction of sp³-hybridized carbons (Fsp3) is 0.200. The van der Waals surface area contributed by atoms with Gasteiger partial charge < -0.3 is 5.32 Å². The minimum atomic E-state index is 0.206. The van der Waals surface area contributed by atoms with Crippen LogP contribution in [-0.2, 0) is 6.54 Å². The molecule has 0 spiro atoms. The van der Waals surface area contributed by atoms with Crippen molar-refractivity contribution < 1.29 is 0 Å². The summed E-state index contributed by atoms with van der Waals surface area (Å²) in [6.45, 7) is 2.87. The van der Waals surface area contributed by atoms with E-state index in [1.807, 2.05) is 42.5 Å². The fourth-order valence-corrected chi connectivity index (χ4v) is 2.37. The SMILES string of the molecule is C[C@H](NCc1cccc(Cl)c1)c1ccccc1Cl. The maximum Gasteiger partial charge on any atom is 0.0453 e. The Bertz CT molecular complexity index is 525. The summed E-state index contributed by atoms with van der Waals surface area (Å²) < 4.78 is 0. The molecule has 3 heteroatoms. The highest BCUT2D eigenvalue weighted by atomic mass is 35.5. The van der Waals surface area contributed by atoms with E-state index < -0.39 is 0 Å². The number of rotatable bonds is 4. The monoisotopic (exact) mass is 279 g/mol. The van der Waals surface area contributed by atoms with Gasteiger partial charge in [-0.1, -0.05) is 53.5 Å². The summed E-state index contributed by atoms with van der Waals surface area (Å²) in [5.41, 5.74) is 2.28. The van der Waals surface area contributed by atoms with Crippen molar-refractivity contribution in [3.63, 3.8) is 0 Å². The molecule has 2 aromatic carbocycles. The number of hydrogen-bond acceptors (Lipinski definition) is 1. The summed E-state index contributed by atoms with van der Waals surface area (Å²) in [5, 5.41) is 5.00. The van der Waals surface area contributed by atoms with Gasteiger partial charge in [0.1, 0.15) is 0 Å². The van der Waals surface area contributed by atoms with Gasteiger partial charge in [-0.25, -0.2) is 0 Å². The van der Waals surface area contributed by atoms with Crippen LogP contribution in [0.3, 0.4) is 0 Å². The van der Waals surface area contributed by atoms with Crippen LogP contribution in [0.2, 0.25) is 10.0 Å². The summed E-state index contributed by atoms with van der Waals surface area (Å²) in [7, 11) is 0. The van der Waals surface area contributed by atoms with Gasteiger partial charge in [-0.15, -0.1) is 0 Å². The van der Waals surface area contributed by atoms with Crippen LogP contribution < -0.4 is 5.32 Å².